The number of para-hydroxylation sites is 1. The number of carbonyl (C=O) groups is 1. The van der Waals surface area contributed by atoms with E-state index >= 15 is 0 Å². The molecule has 5 heteroatoms. The lowest BCUT2D eigenvalue weighted by Crippen LogP contribution is -2.13. The van der Waals surface area contributed by atoms with Crippen molar-refractivity contribution in [3.05, 3.63) is 65.0 Å². The molecule has 0 atom stereocenters. The molecule has 0 unspecified atom stereocenters. The molecule has 1 heterocycles. The summed E-state index contributed by atoms with van der Waals surface area (Å²) in [5.41, 5.74) is 4.16. The average molecular weight is 366 g/mol. The van der Waals surface area contributed by atoms with Crippen LogP contribution in [0.25, 0.3) is 11.3 Å². The Morgan fingerprint density at radius 2 is 1.81 bits per heavy atom. The molecule has 1 N–H and O–H groups in total. The predicted molar refractivity (Wildman–Crippen MR) is 107 cm³/mol. The van der Waals surface area contributed by atoms with Crippen LogP contribution in [0.2, 0.25) is 0 Å². The Kier molecular flexibility index (Phi) is 6.02. The van der Waals surface area contributed by atoms with Gasteiger partial charge in [-0.05, 0) is 31.4 Å². The number of carbonyl (C=O) groups excluding carboxylic acids is 1. The summed E-state index contributed by atoms with van der Waals surface area (Å²) >= 11 is 1.44. The molecular weight excluding hydrogens is 344 g/mol. The fraction of sp³-hybridized carbons (Fsp3) is 0.238. The number of aromatic nitrogens is 1. The van der Waals surface area contributed by atoms with Crippen molar-refractivity contribution in [3.63, 3.8) is 0 Å². The third-order valence-electron chi connectivity index (χ3n) is 4.02. The molecule has 0 spiro atoms. The number of nitrogens with zero attached hydrogens (tertiary/aromatic N) is 1. The van der Waals surface area contributed by atoms with Crippen molar-refractivity contribution >= 4 is 22.4 Å². The van der Waals surface area contributed by atoms with Crippen LogP contribution in [-0.4, -0.2) is 17.5 Å². The summed E-state index contributed by atoms with van der Waals surface area (Å²) in [5, 5.41) is 5.45. The molecule has 0 radical (unpaired) electrons. The largest absolute Gasteiger partial charge is 0.493 e. The van der Waals surface area contributed by atoms with Crippen molar-refractivity contribution in [2.75, 3.05) is 11.9 Å². The molecule has 0 saturated heterocycles. The SMILES string of the molecule is Cc1cccc(C)c1OCCCC(=O)Nc1nc(-c2ccccc2)cs1. The Balaban J connectivity index is 1.46. The highest BCUT2D eigenvalue weighted by Crippen LogP contribution is 2.25. The van der Waals surface area contributed by atoms with Crippen molar-refractivity contribution in [1.29, 1.82) is 0 Å². The van der Waals surface area contributed by atoms with E-state index in [0.29, 0.717) is 24.6 Å². The molecule has 0 aliphatic rings. The van der Waals surface area contributed by atoms with Crippen LogP contribution < -0.4 is 10.1 Å². The maximum atomic E-state index is 12.1. The first-order valence-corrected chi connectivity index (χ1v) is 9.51. The summed E-state index contributed by atoms with van der Waals surface area (Å²) in [7, 11) is 0. The lowest BCUT2D eigenvalue weighted by Gasteiger charge is -2.11. The van der Waals surface area contributed by atoms with Gasteiger partial charge in [-0.1, -0.05) is 48.5 Å². The fourth-order valence-electron chi connectivity index (χ4n) is 2.69. The van der Waals surface area contributed by atoms with Crippen LogP contribution in [0.4, 0.5) is 5.13 Å². The molecule has 0 aliphatic heterocycles. The third kappa shape index (κ3) is 4.70. The van der Waals surface area contributed by atoms with Crippen molar-refractivity contribution < 1.29 is 9.53 Å². The summed E-state index contributed by atoms with van der Waals surface area (Å²) in [4.78, 5) is 16.6. The highest BCUT2D eigenvalue weighted by Gasteiger charge is 2.09. The summed E-state index contributed by atoms with van der Waals surface area (Å²) < 4.78 is 5.84. The van der Waals surface area contributed by atoms with E-state index in [4.69, 9.17) is 4.74 Å². The number of amides is 1. The van der Waals surface area contributed by atoms with Crippen molar-refractivity contribution in [2.24, 2.45) is 0 Å². The van der Waals surface area contributed by atoms with Gasteiger partial charge >= 0.3 is 0 Å². The van der Waals surface area contributed by atoms with E-state index in [9.17, 15) is 4.79 Å². The molecule has 1 amide bonds. The third-order valence-corrected chi connectivity index (χ3v) is 4.78. The number of ether oxygens (including phenoxy) is 1. The van der Waals surface area contributed by atoms with Gasteiger partial charge in [0, 0.05) is 17.4 Å². The van der Waals surface area contributed by atoms with E-state index in [1.165, 1.54) is 11.3 Å². The molecule has 3 aromatic rings. The molecule has 0 bridgehead atoms. The van der Waals surface area contributed by atoms with Gasteiger partial charge in [0.05, 0.1) is 12.3 Å². The molecular formula is C21H22N2O2S. The van der Waals surface area contributed by atoms with Gasteiger partial charge in [0.2, 0.25) is 5.91 Å². The minimum atomic E-state index is -0.0379. The van der Waals surface area contributed by atoms with E-state index in [2.05, 4.69) is 10.3 Å². The number of thiazole rings is 1. The maximum absolute atomic E-state index is 12.1. The zero-order chi connectivity index (χ0) is 18.4. The molecule has 2 aromatic carbocycles. The first kappa shape index (κ1) is 18.1. The van der Waals surface area contributed by atoms with Gasteiger partial charge in [-0.2, -0.15) is 0 Å². The minimum Gasteiger partial charge on any atom is -0.493 e. The number of benzene rings is 2. The maximum Gasteiger partial charge on any atom is 0.226 e. The van der Waals surface area contributed by atoms with Crippen LogP contribution in [0.15, 0.2) is 53.9 Å². The van der Waals surface area contributed by atoms with E-state index in [1.807, 2.05) is 67.8 Å². The van der Waals surface area contributed by atoms with Gasteiger partial charge in [-0.25, -0.2) is 4.98 Å². The van der Waals surface area contributed by atoms with Gasteiger partial charge in [0.1, 0.15) is 5.75 Å². The van der Waals surface area contributed by atoms with Gasteiger partial charge in [-0.15, -0.1) is 11.3 Å². The monoisotopic (exact) mass is 366 g/mol. The Labute approximate surface area is 157 Å². The quantitative estimate of drug-likeness (QED) is 0.583. The smallest absolute Gasteiger partial charge is 0.226 e. The number of hydrogen-bond acceptors (Lipinski definition) is 4. The predicted octanol–water partition coefficient (Wildman–Crippen LogP) is 5.22. The average Bonchev–Trinajstić information content (AvgIpc) is 3.10. The van der Waals surface area contributed by atoms with Crippen LogP contribution in [0.1, 0.15) is 24.0 Å². The Hall–Kier alpha value is -2.66. The van der Waals surface area contributed by atoms with Crippen LogP contribution in [-0.2, 0) is 4.79 Å². The second-order valence-electron chi connectivity index (χ2n) is 6.13. The molecule has 0 aliphatic carbocycles. The molecule has 1 aromatic heterocycles. The fourth-order valence-corrected chi connectivity index (χ4v) is 3.42. The molecule has 3 rings (SSSR count). The lowest BCUT2D eigenvalue weighted by atomic mass is 10.1. The van der Waals surface area contributed by atoms with Gasteiger partial charge in [0.25, 0.3) is 0 Å². The van der Waals surface area contributed by atoms with Gasteiger partial charge < -0.3 is 10.1 Å². The Morgan fingerprint density at radius 3 is 2.54 bits per heavy atom. The summed E-state index contributed by atoms with van der Waals surface area (Å²) in [6.07, 6.45) is 1.07. The lowest BCUT2D eigenvalue weighted by molar-refractivity contribution is -0.116. The number of hydrogen-bond donors (Lipinski definition) is 1. The zero-order valence-corrected chi connectivity index (χ0v) is 15.8. The standard InChI is InChI=1S/C21H22N2O2S/c1-15-8-6-9-16(2)20(15)25-13-7-12-19(24)23-21-22-18(14-26-21)17-10-4-3-5-11-17/h3-6,8-11,14H,7,12-13H2,1-2H3,(H,22,23,24). The molecule has 134 valence electrons. The summed E-state index contributed by atoms with van der Waals surface area (Å²) in [6, 6.07) is 16.0. The van der Waals surface area contributed by atoms with Crippen molar-refractivity contribution in [2.45, 2.75) is 26.7 Å². The Morgan fingerprint density at radius 1 is 1.08 bits per heavy atom. The first-order valence-electron chi connectivity index (χ1n) is 8.63. The van der Waals surface area contributed by atoms with Crippen LogP contribution in [0.3, 0.4) is 0 Å². The zero-order valence-electron chi connectivity index (χ0n) is 15.0. The summed E-state index contributed by atoms with van der Waals surface area (Å²) in [6.45, 7) is 4.58. The van der Waals surface area contributed by atoms with Crippen molar-refractivity contribution in [3.8, 4) is 17.0 Å². The number of rotatable bonds is 7. The van der Waals surface area contributed by atoms with E-state index in [1.54, 1.807) is 0 Å². The van der Waals surface area contributed by atoms with Crippen LogP contribution >= 0.6 is 11.3 Å². The van der Waals surface area contributed by atoms with E-state index in [-0.39, 0.29) is 5.91 Å². The Bertz CT molecular complexity index is 854. The van der Waals surface area contributed by atoms with Gasteiger partial charge in [-0.3, -0.25) is 4.79 Å². The molecule has 0 saturated carbocycles. The van der Waals surface area contributed by atoms with Crippen LogP contribution in [0.5, 0.6) is 5.75 Å². The summed E-state index contributed by atoms with van der Waals surface area (Å²) in [5.74, 6) is 0.879. The number of anilines is 1. The topological polar surface area (TPSA) is 51.2 Å². The van der Waals surface area contributed by atoms with Gasteiger partial charge in [0.15, 0.2) is 5.13 Å². The minimum absolute atomic E-state index is 0.0379. The second-order valence-corrected chi connectivity index (χ2v) is 6.98. The molecule has 26 heavy (non-hydrogen) atoms. The van der Waals surface area contributed by atoms with Crippen LogP contribution in [0, 0.1) is 13.8 Å². The van der Waals surface area contributed by atoms with E-state index < -0.39 is 0 Å². The highest BCUT2D eigenvalue weighted by molar-refractivity contribution is 7.14. The molecule has 4 nitrogen and oxygen atoms in total. The van der Waals surface area contributed by atoms with Crippen molar-refractivity contribution in [1.82, 2.24) is 4.98 Å². The number of aryl methyl sites for hydroxylation is 2. The first-order chi connectivity index (χ1) is 12.6. The normalized spacial score (nSPS) is 10.5. The highest BCUT2D eigenvalue weighted by atomic mass is 32.1. The van der Waals surface area contributed by atoms with E-state index in [0.717, 1.165) is 28.1 Å². The second kappa shape index (κ2) is 8.63. The number of nitrogens with one attached hydrogen (secondary N) is 1. The molecule has 0 fully saturated rings.